The number of aliphatic hydroxyl groups excluding tert-OH is 1. The van der Waals surface area contributed by atoms with Crippen molar-refractivity contribution in [2.24, 2.45) is 0 Å². The van der Waals surface area contributed by atoms with E-state index in [1.165, 1.54) is 0 Å². The van der Waals surface area contributed by atoms with E-state index in [1.54, 1.807) is 13.2 Å². The van der Waals surface area contributed by atoms with E-state index in [-0.39, 0.29) is 18.8 Å². The van der Waals surface area contributed by atoms with Gasteiger partial charge in [-0.25, -0.2) is 0 Å². The molecule has 1 heterocycles. The quantitative estimate of drug-likeness (QED) is 0.783. The maximum atomic E-state index is 8.89. The van der Waals surface area contributed by atoms with Crippen LogP contribution < -0.4 is 4.74 Å². The molecule has 0 radical (unpaired) electrons. The molecule has 5 heteroatoms. The molecule has 1 saturated heterocycles. The SMILES string of the molecule is COc1ccc(COC[C@@H]2OC(C)(C)O[C@H]2/C=C\CO)cc1. The second-order valence-corrected chi connectivity index (χ2v) is 5.61. The largest absolute Gasteiger partial charge is 0.497 e. The van der Waals surface area contributed by atoms with Crippen molar-refractivity contribution < 1.29 is 24.1 Å². The fourth-order valence-corrected chi connectivity index (χ4v) is 2.36. The van der Waals surface area contributed by atoms with Gasteiger partial charge in [0, 0.05) is 0 Å². The van der Waals surface area contributed by atoms with Crippen molar-refractivity contribution in [3.05, 3.63) is 42.0 Å². The molecule has 0 aromatic heterocycles. The highest BCUT2D eigenvalue weighted by molar-refractivity contribution is 5.26. The number of benzene rings is 1. The van der Waals surface area contributed by atoms with E-state index in [1.807, 2.05) is 44.2 Å². The summed E-state index contributed by atoms with van der Waals surface area (Å²) >= 11 is 0. The molecule has 1 aliphatic heterocycles. The van der Waals surface area contributed by atoms with Crippen LogP contribution in [0.5, 0.6) is 5.75 Å². The van der Waals surface area contributed by atoms with E-state index in [2.05, 4.69) is 0 Å². The number of methoxy groups -OCH3 is 1. The van der Waals surface area contributed by atoms with Crippen LogP contribution in [0, 0.1) is 0 Å². The lowest BCUT2D eigenvalue weighted by atomic mass is 10.2. The first-order valence-corrected chi connectivity index (χ1v) is 7.38. The summed E-state index contributed by atoms with van der Waals surface area (Å²) in [4.78, 5) is 0. The molecule has 0 unspecified atom stereocenters. The number of ether oxygens (including phenoxy) is 4. The van der Waals surface area contributed by atoms with Gasteiger partial charge in [0.1, 0.15) is 18.0 Å². The number of hydrogen-bond acceptors (Lipinski definition) is 5. The van der Waals surface area contributed by atoms with Gasteiger partial charge in [-0.2, -0.15) is 0 Å². The summed E-state index contributed by atoms with van der Waals surface area (Å²) in [5.74, 6) is 0.186. The molecule has 0 bridgehead atoms. The molecule has 0 saturated carbocycles. The second kappa shape index (κ2) is 7.74. The maximum absolute atomic E-state index is 8.89. The molecule has 2 atom stereocenters. The molecule has 1 fully saturated rings. The summed E-state index contributed by atoms with van der Waals surface area (Å²) in [5.41, 5.74) is 1.07. The Kier molecular flexibility index (Phi) is 5.97. The van der Waals surface area contributed by atoms with E-state index in [4.69, 9.17) is 24.1 Å². The minimum absolute atomic E-state index is 0.0142. The van der Waals surface area contributed by atoms with E-state index < -0.39 is 5.79 Å². The lowest BCUT2D eigenvalue weighted by Gasteiger charge is -2.16. The Bertz CT molecular complexity index is 480. The molecule has 0 amide bonds. The Balaban J connectivity index is 1.84. The zero-order valence-electron chi connectivity index (χ0n) is 13.3. The molecule has 122 valence electrons. The zero-order chi connectivity index (χ0) is 16.0. The van der Waals surface area contributed by atoms with Crippen molar-refractivity contribution in [2.45, 2.75) is 38.4 Å². The van der Waals surface area contributed by atoms with Crippen molar-refractivity contribution in [2.75, 3.05) is 20.3 Å². The monoisotopic (exact) mass is 308 g/mol. The Morgan fingerprint density at radius 3 is 2.59 bits per heavy atom. The molecule has 22 heavy (non-hydrogen) atoms. The van der Waals surface area contributed by atoms with Gasteiger partial charge in [0.15, 0.2) is 5.79 Å². The first-order valence-electron chi connectivity index (χ1n) is 7.38. The van der Waals surface area contributed by atoms with Crippen LogP contribution in [0.25, 0.3) is 0 Å². The highest BCUT2D eigenvalue weighted by Gasteiger charge is 2.39. The van der Waals surface area contributed by atoms with Crippen LogP contribution in [0.2, 0.25) is 0 Å². The highest BCUT2D eigenvalue weighted by atomic mass is 16.8. The van der Waals surface area contributed by atoms with Gasteiger partial charge in [-0.15, -0.1) is 0 Å². The molecule has 0 spiro atoms. The molecule has 1 aliphatic rings. The molecule has 1 aromatic carbocycles. The van der Waals surface area contributed by atoms with Gasteiger partial charge in [-0.05, 0) is 31.5 Å². The van der Waals surface area contributed by atoms with Gasteiger partial charge < -0.3 is 24.1 Å². The molecule has 1 N–H and O–H groups in total. The zero-order valence-corrected chi connectivity index (χ0v) is 13.3. The van der Waals surface area contributed by atoms with Crippen LogP contribution in [0.4, 0.5) is 0 Å². The normalized spacial score (nSPS) is 24.0. The van der Waals surface area contributed by atoms with E-state index in [9.17, 15) is 0 Å². The van der Waals surface area contributed by atoms with E-state index in [0.29, 0.717) is 13.2 Å². The van der Waals surface area contributed by atoms with Gasteiger partial charge in [0.05, 0.1) is 26.9 Å². The van der Waals surface area contributed by atoms with Crippen molar-refractivity contribution in [3.8, 4) is 5.75 Å². The molecule has 0 aliphatic carbocycles. The highest BCUT2D eigenvalue weighted by Crippen LogP contribution is 2.29. The molecular weight excluding hydrogens is 284 g/mol. The number of rotatable bonds is 7. The minimum Gasteiger partial charge on any atom is -0.497 e. The summed E-state index contributed by atoms with van der Waals surface area (Å²) in [6.45, 7) is 4.66. The lowest BCUT2D eigenvalue weighted by Crippen LogP contribution is -2.26. The third-order valence-electron chi connectivity index (χ3n) is 3.36. The van der Waals surface area contributed by atoms with Gasteiger partial charge in [0.2, 0.25) is 0 Å². The van der Waals surface area contributed by atoms with Crippen molar-refractivity contribution in [3.63, 3.8) is 0 Å². The fraction of sp³-hybridized carbons (Fsp3) is 0.529. The smallest absolute Gasteiger partial charge is 0.164 e. The Labute approximate surface area is 131 Å². The first-order chi connectivity index (χ1) is 10.5. The molecule has 1 aromatic rings. The van der Waals surface area contributed by atoms with Gasteiger partial charge >= 0.3 is 0 Å². The third kappa shape index (κ3) is 4.81. The van der Waals surface area contributed by atoms with Crippen LogP contribution in [0.1, 0.15) is 19.4 Å². The molecular formula is C17H24O5. The Morgan fingerprint density at radius 1 is 1.23 bits per heavy atom. The molecule has 5 nitrogen and oxygen atoms in total. The topological polar surface area (TPSA) is 57.2 Å². The average molecular weight is 308 g/mol. The summed E-state index contributed by atoms with van der Waals surface area (Å²) < 4.78 is 22.5. The Hall–Kier alpha value is -1.40. The molecule has 2 rings (SSSR count). The van der Waals surface area contributed by atoms with Crippen LogP contribution in [0.3, 0.4) is 0 Å². The lowest BCUT2D eigenvalue weighted by molar-refractivity contribution is -0.148. The van der Waals surface area contributed by atoms with Crippen LogP contribution >= 0.6 is 0 Å². The summed E-state index contributed by atoms with van der Waals surface area (Å²) in [6.07, 6.45) is 3.08. The van der Waals surface area contributed by atoms with Crippen LogP contribution in [-0.4, -0.2) is 43.4 Å². The van der Waals surface area contributed by atoms with Gasteiger partial charge in [-0.1, -0.05) is 24.3 Å². The predicted molar refractivity (Wildman–Crippen MR) is 82.7 cm³/mol. The first kappa shape index (κ1) is 17.0. The van der Waals surface area contributed by atoms with Crippen LogP contribution in [0.15, 0.2) is 36.4 Å². The maximum Gasteiger partial charge on any atom is 0.164 e. The third-order valence-corrected chi connectivity index (χ3v) is 3.36. The van der Waals surface area contributed by atoms with Crippen molar-refractivity contribution in [1.82, 2.24) is 0 Å². The summed E-state index contributed by atoms with van der Waals surface area (Å²) in [5, 5.41) is 8.89. The minimum atomic E-state index is -0.640. The standard InChI is InChI=1S/C17H24O5/c1-17(2)21-15(5-4-10-18)16(22-17)12-20-11-13-6-8-14(19-3)9-7-13/h4-9,15-16,18H,10-12H2,1-3H3/b5-4-/t15-,16-/m0/s1. The number of hydrogen-bond donors (Lipinski definition) is 1. The Morgan fingerprint density at radius 2 is 1.95 bits per heavy atom. The summed E-state index contributed by atoms with van der Waals surface area (Å²) in [6, 6.07) is 7.75. The predicted octanol–water partition coefficient (Wildman–Crippen LogP) is 2.28. The second-order valence-electron chi connectivity index (χ2n) is 5.61. The van der Waals surface area contributed by atoms with Gasteiger partial charge in [0.25, 0.3) is 0 Å². The van der Waals surface area contributed by atoms with Crippen molar-refractivity contribution in [1.29, 1.82) is 0 Å². The fourth-order valence-electron chi connectivity index (χ4n) is 2.36. The van der Waals surface area contributed by atoms with E-state index in [0.717, 1.165) is 11.3 Å². The van der Waals surface area contributed by atoms with Gasteiger partial charge in [-0.3, -0.25) is 0 Å². The van der Waals surface area contributed by atoms with E-state index >= 15 is 0 Å². The van der Waals surface area contributed by atoms with Crippen LogP contribution in [-0.2, 0) is 20.8 Å². The summed E-state index contributed by atoms with van der Waals surface area (Å²) in [7, 11) is 1.64. The van der Waals surface area contributed by atoms with Crippen molar-refractivity contribution >= 4 is 0 Å². The number of aliphatic hydroxyl groups is 1. The average Bonchev–Trinajstić information content (AvgIpc) is 2.80.